The topological polar surface area (TPSA) is 69.0 Å². The molecule has 0 aliphatic rings. The van der Waals surface area contributed by atoms with Crippen molar-refractivity contribution in [1.29, 1.82) is 0 Å². The first-order chi connectivity index (χ1) is 7.65. The predicted octanol–water partition coefficient (Wildman–Crippen LogP) is 1.53. The van der Waals surface area contributed by atoms with E-state index in [0.717, 1.165) is 17.0 Å². The molecule has 6 heteroatoms. The standard InChI is InChI=1S/C10H13ClN4O/c1-6-7(3-4-16-6)9(14-12)10-8(11)5-13-15(10)2/h3-5,9,14H,12H2,1-2H3. The van der Waals surface area contributed by atoms with E-state index in [1.165, 1.54) is 0 Å². The van der Waals surface area contributed by atoms with Crippen LogP contribution in [0.1, 0.15) is 23.1 Å². The summed E-state index contributed by atoms with van der Waals surface area (Å²) in [5.41, 5.74) is 4.49. The number of nitrogens with zero attached hydrogens (tertiary/aromatic N) is 2. The van der Waals surface area contributed by atoms with Crippen LogP contribution in [-0.2, 0) is 7.05 Å². The van der Waals surface area contributed by atoms with Crippen molar-refractivity contribution >= 4 is 11.6 Å². The summed E-state index contributed by atoms with van der Waals surface area (Å²) in [6.45, 7) is 1.88. The first-order valence-corrected chi connectivity index (χ1v) is 5.20. The highest BCUT2D eigenvalue weighted by atomic mass is 35.5. The third kappa shape index (κ3) is 1.73. The Hall–Kier alpha value is -1.30. The highest BCUT2D eigenvalue weighted by Crippen LogP contribution is 2.29. The van der Waals surface area contributed by atoms with Crippen molar-refractivity contribution in [3.8, 4) is 0 Å². The van der Waals surface area contributed by atoms with E-state index >= 15 is 0 Å². The lowest BCUT2D eigenvalue weighted by Gasteiger charge is -2.16. The molecule has 86 valence electrons. The Kier molecular flexibility index (Phi) is 3.00. The number of hydrazine groups is 1. The van der Waals surface area contributed by atoms with Gasteiger partial charge in [0.1, 0.15) is 5.76 Å². The number of nitrogens with one attached hydrogen (secondary N) is 1. The van der Waals surface area contributed by atoms with Gasteiger partial charge in [-0.3, -0.25) is 10.5 Å². The van der Waals surface area contributed by atoms with Gasteiger partial charge in [-0.25, -0.2) is 5.43 Å². The summed E-state index contributed by atoms with van der Waals surface area (Å²) in [5, 5.41) is 4.66. The molecule has 1 atom stereocenters. The summed E-state index contributed by atoms with van der Waals surface area (Å²) < 4.78 is 6.95. The van der Waals surface area contributed by atoms with Crippen LogP contribution in [0.2, 0.25) is 5.02 Å². The summed E-state index contributed by atoms with van der Waals surface area (Å²) in [7, 11) is 1.82. The molecule has 0 aromatic carbocycles. The van der Waals surface area contributed by atoms with E-state index in [0.29, 0.717) is 5.02 Å². The Morgan fingerprint density at radius 1 is 1.62 bits per heavy atom. The maximum absolute atomic E-state index is 6.08. The maximum Gasteiger partial charge on any atom is 0.105 e. The van der Waals surface area contributed by atoms with Gasteiger partial charge in [0.2, 0.25) is 0 Å². The zero-order valence-electron chi connectivity index (χ0n) is 9.07. The number of furan rings is 1. The van der Waals surface area contributed by atoms with Crippen LogP contribution in [0.15, 0.2) is 22.9 Å². The molecule has 0 amide bonds. The number of aryl methyl sites for hydroxylation is 2. The SMILES string of the molecule is Cc1occc1C(NN)c1c(Cl)cnn1C. The molecule has 5 nitrogen and oxygen atoms in total. The monoisotopic (exact) mass is 240 g/mol. The number of nitrogens with two attached hydrogens (primary N) is 1. The van der Waals surface area contributed by atoms with Gasteiger partial charge in [0.05, 0.1) is 29.2 Å². The molecule has 0 saturated heterocycles. The van der Waals surface area contributed by atoms with Crippen molar-refractivity contribution in [2.24, 2.45) is 12.9 Å². The van der Waals surface area contributed by atoms with Gasteiger partial charge in [-0.1, -0.05) is 11.6 Å². The maximum atomic E-state index is 6.08. The molecule has 0 radical (unpaired) electrons. The molecule has 0 spiro atoms. The van der Waals surface area contributed by atoms with Gasteiger partial charge in [-0.05, 0) is 13.0 Å². The molecular weight excluding hydrogens is 228 g/mol. The van der Waals surface area contributed by atoms with Crippen molar-refractivity contribution in [2.45, 2.75) is 13.0 Å². The zero-order valence-corrected chi connectivity index (χ0v) is 9.82. The molecule has 16 heavy (non-hydrogen) atoms. The van der Waals surface area contributed by atoms with E-state index in [1.54, 1.807) is 17.1 Å². The van der Waals surface area contributed by atoms with Crippen LogP contribution in [0.25, 0.3) is 0 Å². The molecule has 0 fully saturated rings. The van der Waals surface area contributed by atoms with Gasteiger partial charge in [0, 0.05) is 12.6 Å². The van der Waals surface area contributed by atoms with Crippen LogP contribution in [0.4, 0.5) is 0 Å². The second kappa shape index (κ2) is 4.29. The Bertz CT molecular complexity index is 471. The van der Waals surface area contributed by atoms with Crippen LogP contribution >= 0.6 is 11.6 Å². The second-order valence-corrected chi connectivity index (χ2v) is 3.94. The molecule has 0 bridgehead atoms. The Labute approximate surface area is 98.1 Å². The molecule has 2 aromatic rings. The van der Waals surface area contributed by atoms with Crippen molar-refractivity contribution < 1.29 is 4.42 Å². The number of halogens is 1. The van der Waals surface area contributed by atoms with Gasteiger partial charge in [0.15, 0.2) is 0 Å². The molecule has 0 aliphatic carbocycles. The summed E-state index contributed by atoms with van der Waals surface area (Å²) >= 11 is 6.08. The van der Waals surface area contributed by atoms with Gasteiger partial charge >= 0.3 is 0 Å². The summed E-state index contributed by atoms with van der Waals surface area (Å²) in [6.07, 6.45) is 3.22. The summed E-state index contributed by atoms with van der Waals surface area (Å²) in [5.74, 6) is 6.38. The lowest BCUT2D eigenvalue weighted by molar-refractivity contribution is 0.513. The first-order valence-electron chi connectivity index (χ1n) is 4.82. The zero-order chi connectivity index (χ0) is 11.7. The fourth-order valence-electron chi connectivity index (χ4n) is 1.76. The predicted molar refractivity (Wildman–Crippen MR) is 60.8 cm³/mol. The third-order valence-corrected chi connectivity index (χ3v) is 2.88. The van der Waals surface area contributed by atoms with Gasteiger partial charge in [-0.15, -0.1) is 0 Å². The van der Waals surface area contributed by atoms with E-state index in [-0.39, 0.29) is 6.04 Å². The van der Waals surface area contributed by atoms with Crippen LogP contribution < -0.4 is 11.3 Å². The Morgan fingerprint density at radius 2 is 2.38 bits per heavy atom. The highest BCUT2D eigenvalue weighted by molar-refractivity contribution is 6.31. The highest BCUT2D eigenvalue weighted by Gasteiger charge is 2.22. The van der Waals surface area contributed by atoms with Crippen LogP contribution in [-0.4, -0.2) is 9.78 Å². The largest absolute Gasteiger partial charge is 0.469 e. The van der Waals surface area contributed by atoms with Crippen molar-refractivity contribution in [3.05, 3.63) is 40.6 Å². The average Bonchev–Trinajstić information content (AvgIpc) is 2.80. The Balaban J connectivity index is 2.49. The Morgan fingerprint density at radius 3 is 2.81 bits per heavy atom. The van der Waals surface area contributed by atoms with Crippen molar-refractivity contribution in [3.63, 3.8) is 0 Å². The number of aromatic nitrogens is 2. The average molecular weight is 241 g/mol. The molecule has 2 aromatic heterocycles. The fourth-order valence-corrected chi connectivity index (χ4v) is 2.03. The molecule has 0 saturated carbocycles. The lowest BCUT2D eigenvalue weighted by Crippen LogP contribution is -2.30. The van der Waals surface area contributed by atoms with Gasteiger partial charge < -0.3 is 4.42 Å². The number of hydrogen-bond donors (Lipinski definition) is 2. The normalized spacial score (nSPS) is 13.0. The van der Waals surface area contributed by atoms with E-state index in [2.05, 4.69) is 10.5 Å². The quantitative estimate of drug-likeness (QED) is 0.631. The van der Waals surface area contributed by atoms with Crippen LogP contribution in [0.3, 0.4) is 0 Å². The van der Waals surface area contributed by atoms with Crippen LogP contribution in [0, 0.1) is 6.92 Å². The smallest absolute Gasteiger partial charge is 0.105 e. The lowest BCUT2D eigenvalue weighted by atomic mass is 10.1. The third-order valence-electron chi connectivity index (χ3n) is 2.59. The van der Waals surface area contributed by atoms with Crippen molar-refractivity contribution in [1.82, 2.24) is 15.2 Å². The summed E-state index contributed by atoms with van der Waals surface area (Å²) in [6, 6.07) is 1.64. The number of hydrogen-bond acceptors (Lipinski definition) is 4. The van der Waals surface area contributed by atoms with E-state index in [1.807, 2.05) is 20.0 Å². The molecular formula is C10H13ClN4O. The molecule has 0 aliphatic heterocycles. The van der Waals surface area contributed by atoms with E-state index < -0.39 is 0 Å². The minimum Gasteiger partial charge on any atom is -0.469 e. The van der Waals surface area contributed by atoms with Crippen LogP contribution in [0.5, 0.6) is 0 Å². The minimum atomic E-state index is -0.223. The molecule has 2 rings (SSSR count). The molecule has 2 heterocycles. The second-order valence-electron chi connectivity index (χ2n) is 3.53. The fraction of sp³-hybridized carbons (Fsp3) is 0.300. The van der Waals surface area contributed by atoms with E-state index in [9.17, 15) is 0 Å². The van der Waals surface area contributed by atoms with Gasteiger partial charge in [0.25, 0.3) is 0 Å². The summed E-state index contributed by atoms with van der Waals surface area (Å²) in [4.78, 5) is 0. The van der Waals surface area contributed by atoms with Gasteiger partial charge in [-0.2, -0.15) is 5.10 Å². The first kappa shape index (κ1) is 11.2. The minimum absolute atomic E-state index is 0.223. The number of rotatable bonds is 3. The van der Waals surface area contributed by atoms with E-state index in [4.69, 9.17) is 21.9 Å². The molecule has 3 N–H and O–H groups in total. The van der Waals surface area contributed by atoms with Crippen molar-refractivity contribution in [2.75, 3.05) is 0 Å². The molecule has 1 unspecified atom stereocenters.